The number of rotatable bonds is 2. The highest BCUT2D eigenvalue weighted by Gasteiger charge is 2.25. The predicted molar refractivity (Wildman–Crippen MR) is 99.7 cm³/mol. The third-order valence-electron chi connectivity index (χ3n) is 5.42. The van der Waals surface area contributed by atoms with E-state index in [1.165, 1.54) is 12.8 Å². The summed E-state index contributed by atoms with van der Waals surface area (Å²) in [4.78, 5) is 42.7. The number of oxazole rings is 1. The van der Waals surface area contributed by atoms with Gasteiger partial charge in [0.05, 0.1) is 5.52 Å². The van der Waals surface area contributed by atoms with Crippen molar-refractivity contribution in [3.8, 4) is 0 Å². The maximum atomic E-state index is 12.8. The van der Waals surface area contributed by atoms with Crippen molar-refractivity contribution < 1.29 is 14.0 Å². The molecule has 0 radical (unpaired) electrons. The van der Waals surface area contributed by atoms with E-state index >= 15 is 0 Å². The molecule has 1 saturated heterocycles. The lowest BCUT2D eigenvalue weighted by Crippen LogP contribution is -2.45. The predicted octanol–water partition coefficient (Wildman–Crippen LogP) is 1.92. The van der Waals surface area contributed by atoms with E-state index in [1.54, 1.807) is 28.0 Å². The number of carbonyl (C=O) groups excluding carboxylic acids is 2. The molecule has 27 heavy (non-hydrogen) atoms. The Morgan fingerprint density at radius 3 is 2.59 bits per heavy atom. The van der Waals surface area contributed by atoms with E-state index in [2.05, 4.69) is 10.3 Å². The maximum absolute atomic E-state index is 12.8. The van der Waals surface area contributed by atoms with E-state index in [-0.39, 0.29) is 11.9 Å². The molecule has 1 aliphatic carbocycles. The van der Waals surface area contributed by atoms with Gasteiger partial charge in [-0.25, -0.2) is 9.59 Å². The maximum Gasteiger partial charge on any atom is 0.417 e. The molecule has 0 unspecified atom stereocenters. The van der Waals surface area contributed by atoms with Crippen LogP contribution in [0.25, 0.3) is 11.1 Å². The second-order valence-electron chi connectivity index (χ2n) is 7.29. The van der Waals surface area contributed by atoms with Crippen LogP contribution in [-0.4, -0.2) is 58.9 Å². The zero-order valence-electron chi connectivity index (χ0n) is 15.2. The number of aromatic amines is 1. The third-order valence-corrected chi connectivity index (χ3v) is 5.42. The second kappa shape index (κ2) is 7.46. The van der Waals surface area contributed by atoms with Crippen LogP contribution in [0, 0.1) is 0 Å². The minimum Gasteiger partial charge on any atom is -0.408 e. The molecule has 8 nitrogen and oxygen atoms in total. The Bertz CT molecular complexity index is 896. The Morgan fingerprint density at radius 2 is 1.78 bits per heavy atom. The summed E-state index contributed by atoms with van der Waals surface area (Å²) in [5.41, 5.74) is 1.43. The van der Waals surface area contributed by atoms with E-state index in [4.69, 9.17) is 4.42 Å². The van der Waals surface area contributed by atoms with Gasteiger partial charge < -0.3 is 19.5 Å². The van der Waals surface area contributed by atoms with Crippen molar-refractivity contribution in [2.45, 2.75) is 38.1 Å². The first kappa shape index (κ1) is 17.6. The Labute approximate surface area is 156 Å². The number of fused-ring (bicyclic) bond motifs is 1. The summed E-state index contributed by atoms with van der Waals surface area (Å²) in [6.07, 6.45) is 5.22. The van der Waals surface area contributed by atoms with Gasteiger partial charge in [0.15, 0.2) is 5.58 Å². The highest BCUT2D eigenvalue weighted by atomic mass is 16.4. The fourth-order valence-corrected chi connectivity index (χ4v) is 3.92. The Kier molecular flexibility index (Phi) is 4.87. The molecule has 1 aliphatic heterocycles. The van der Waals surface area contributed by atoms with Gasteiger partial charge in [-0.1, -0.05) is 12.8 Å². The lowest BCUT2D eigenvalue weighted by atomic mass is 10.1. The number of carbonyl (C=O) groups is 2. The van der Waals surface area contributed by atoms with Crippen LogP contribution in [-0.2, 0) is 0 Å². The molecule has 2 aliphatic rings. The number of aromatic nitrogens is 1. The zero-order valence-corrected chi connectivity index (χ0v) is 15.2. The van der Waals surface area contributed by atoms with Gasteiger partial charge >= 0.3 is 11.8 Å². The van der Waals surface area contributed by atoms with Crippen LogP contribution in [0.1, 0.15) is 42.5 Å². The number of hydrogen-bond donors (Lipinski definition) is 2. The molecule has 3 amide bonds. The highest BCUT2D eigenvalue weighted by molar-refractivity contribution is 5.97. The van der Waals surface area contributed by atoms with Crippen molar-refractivity contribution in [3.63, 3.8) is 0 Å². The van der Waals surface area contributed by atoms with Crippen molar-refractivity contribution >= 4 is 23.0 Å². The number of hydrogen-bond acceptors (Lipinski definition) is 4. The third kappa shape index (κ3) is 3.84. The second-order valence-corrected chi connectivity index (χ2v) is 7.29. The molecule has 0 atom stereocenters. The molecule has 4 rings (SSSR count). The molecule has 144 valence electrons. The minimum atomic E-state index is -0.534. The monoisotopic (exact) mass is 372 g/mol. The quantitative estimate of drug-likeness (QED) is 0.841. The SMILES string of the molecule is O=C(NC1CCCC1)N1CCCN(C(=O)c2ccc3[nH]c(=O)oc3c2)CC1. The number of urea groups is 1. The van der Waals surface area contributed by atoms with Crippen LogP contribution >= 0.6 is 0 Å². The van der Waals surface area contributed by atoms with Gasteiger partial charge in [-0.3, -0.25) is 9.78 Å². The molecule has 2 heterocycles. The van der Waals surface area contributed by atoms with Crippen molar-refractivity contribution in [2.75, 3.05) is 26.2 Å². The summed E-state index contributed by atoms with van der Waals surface area (Å²) in [6, 6.07) is 5.22. The molecule has 2 N–H and O–H groups in total. The Morgan fingerprint density at radius 1 is 1.04 bits per heavy atom. The summed E-state index contributed by atoms with van der Waals surface area (Å²) in [6.45, 7) is 2.26. The molecule has 1 aromatic carbocycles. The van der Waals surface area contributed by atoms with E-state index in [1.807, 2.05) is 0 Å². The number of H-pyrrole nitrogens is 1. The number of nitrogens with one attached hydrogen (secondary N) is 2. The van der Waals surface area contributed by atoms with E-state index < -0.39 is 5.76 Å². The summed E-state index contributed by atoms with van der Waals surface area (Å²) in [5.74, 6) is -0.646. The first-order valence-corrected chi connectivity index (χ1v) is 9.58. The van der Waals surface area contributed by atoms with Crippen LogP contribution in [0.15, 0.2) is 27.4 Å². The number of amides is 3. The average Bonchev–Trinajstić information content (AvgIpc) is 3.21. The Hall–Kier alpha value is -2.77. The smallest absolute Gasteiger partial charge is 0.408 e. The van der Waals surface area contributed by atoms with Crippen LogP contribution in [0.4, 0.5) is 4.79 Å². The standard InChI is InChI=1S/C19H24N4O4/c24-17(13-6-7-15-16(12-13)27-19(26)21-15)22-8-3-9-23(11-10-22)18(25)20-14-4-1-2-5-14/h6-7,12,14H,1-5,8-11H2,(H,20,25)(H,21,26). The summed E-state index contributed by atoms with van der Waals surface area (Å²) in [7, 11) is 0. The minimum absolute atomic E-state index is 0.0216. The first-order chi connectivity index (χ1) is 13.1. The molecular formula is C19H24N4O4. The fourth-order valence-electron chi connectivity index (χ4n) is 3.92. The number of benzene rings is 1. The molecular weight excluding hydrogens is 348 g/mol. The van der Waals surface area contributed by atoms with Gasteiger partial charge in [0.1, 0.15) is 0 Å². The van der Waals surface area contributed by atoms with Crippen molar-refractivity contribution in [1.82, 2.24) is 20.1 Å². The van der Waals surface area contributed by atoms with Crippen molar-refractivity contribution in [1.29, 1.82) is 0 Å². The molecule has 2 fully saturated rings. The molecule has 0 bridgehead atoms. The van der Waals surface area contributed by atoms with Gasteiger partial charge in [0.2, 0.25) is 0 Å². The van der Waals surface area contributed by atoms with Gasteiger partial charge in [0.25, 0.3) is 5.91 Å². The highest BCUT2D eigenvalue weighted by Crippen LogP contribution is 2.18. The fraction of sp³-hybridized carbons (Fsp3) is 0.526. The summed E-state index contributed by atoms with van der Waals surface area (Å²) in [5, 5.41) is 3.11. The van der Waals surface area contributed by atoms with Crippen LogP contribution < -0.4 is 11.1 Å². The van der Waals surface area contributed by atoms with E-state index in [0.717, 1.165) is 19.3 Å². The lowest BCUT2D eigenvalue weighted by Gasteiger charge is -2.24. The van der Waals surface area contributed by atoms with Gasteiger partial charge in [0, 0.05) is 37.8 Å². The molecule has 1 saturated carbocycles. The van der Waals surface area contributed by atoms with Crippen molar-refractivity contribution in [2.24, 2.45) is 0 Å². The van der Waals surface area contributed by atoms with E-state index in [9.17, 15) is 14.4 Å². The molecule has 1 aromatic heterocycles. The van der Waals surface area contributed by atoms with E-state index in [0.29, 0.717) is 48.9 Å². The largest absolute Gasteiger partial charge is 0.417 e. The molecule has 8 heteroatoms. The zero-order chi connectivity index (χ0) is 18.8. The molecule has 0 spiro atoms. The van der Waals surface area contributed by atoms with Crippen LogP contribution in [0.5, 0.6) is 0 Å². The van der Waals surface area contributed by atoms with Crippen LogP contribution in [0.2, 0.25) is 0 Å². The lowest BCUT2D eigenvalue weighted by molar-refractivity contribution is 0.0762. The van der Waals surface area contributed by atoms with Gasteiger partial charge in [-0.15, -0.1) is 0 Å². The first-order valence-electron chi connectivity index (χ1n) is 9.58. The number of nitrogens with zero attached hydrogens (tertiary/aromatic N) is 2. The van der Waals surface area contributed by atoms with Crippen LogP contribution in [0.3, 0.4) is 0 Å². The van der Waals surface area contributed by atoms with Crippen molar-refractivity contribution in [3.05, 3.63) is 34.3 Å². The average molecular weight is 372 g/mol. The summed E-state index contributed by atoms with van der Waals surface area (Å²) >= 11 is 0. The summed E-state index contributed by atoms with van der Waals surface area (Å²) < 4.78 is 5.04. The molecule has 2 aromatic rings. The normalized spacial score (nSPS) is 18.7. The Balaban J connectivity index is 1.39. The van der Waals surface area contributed by atoms with Gasteiger partial charge in [-0.05, 0) is 37.5 Å². The topological polar surface area (TPSA) is 98.6 Å². The van der Waals surface area contributed by atoms with Gasteiger partial charge in [-0.2, -0.15) is 0 Å².